The predicted octanol–water partition coefficient (Wildman–Crippen LogP) is 3.81. The zero-order chi connectivity index (χ0) is 8.72. The third kappa shape index (κ3) is 1.17. The van der Waals surface area contributed by atoms with E-state index in [1.165, 1.54) is 6.07 Å². The Kier molecular flexibility index (Phi) is 2.13. The lowest BCUT2D eigenvalue weighted by Crippen LogP contribution is -1.90. The lowest BCUT2D eigenvalue weighted by Gasteiger charge is -2.05. The van der Waals surface area contributed by atoms with E-state index < -0.39 is 0 Å². The topological polar surface area (TPSA) is 0 Å². The molecule has 1 aliphatic rings. The van der Waals surface area contributed by atoms with Gasteiger partial charge in [0.2, 0.25) is 0 Å². The number of rotatable bonds is 0. The van der Waals surface area contributed by atoms with E-state index in [0.29, 0.717) is 5.56 Å². The van der Waals surface area contributed by atoms with Gasteiger partial charge in [-0.1, -0.05) is 15.9 Å². The first kappa shape index (κ1) is 8.52. The van der Waals surface area contributed by atoms with Crippen molar-refractivity contribution in [1.29, 1.82) is 0 Å². The standard InChI is InChI=1S/C9H7BrClF/c10-6-2-4-8(12)9-5(6)1-3-7(9)11/h2,4,7H,1,3H2. The van der Waals surface area contributed by atoms with Crippen molar-refractivity contribution >= 4 is 27.5 Å². The maximum absolute atomic E-state index is 13.2. The van der Waals surface area contributed by atoms with Gasteiger partial charge in [0, 0.05) is 10.0 Å². The Hall–Kier alpha value is -0.0800. The van der Waals surface area contributed by atoms with Crippen LogP contribution in [0.25, 0.3) is 0 Å². The largest absolute Gasteiger partial charge is 0.207 e. The van der Waals surface area contributed by atoms with Crippen molar-refractivity contribution < 1.29 is 4.39 Å². The molecule has 0 saturated heterocycles. The predicted molar refractivity (Wildman–Crippen MR) is 51.0 cm³/mol. The number of hydrogen-bond donors (Lipinski definition) is 0. The molecule has 1 aliphatic carbocycles. The van der Waals surface area contributed by atoms with E-state index in [2.05, 4.69) is 15.9 Å². The smallest absolute Gasteiger partial charge is 0.128 e. The normalized spacial score (nSPS) is 21.1. The van der Waals surface area contributed by atoms with E-state index in [9.17, 15) is 4.39 Å². The Morgan fingerprint density at radius 2 is 2.25 bits per heavy atom. The summed E-state index contributed by atoms with van der Waals surface area (Å²) in [6, 6.07) is 3.20. The summed E-state index contributed by atoms with van der Waals surface area (Å²) in [4.78, 5) is 0. The fraction of sp³-hybridized carbons (Fsp3) is 0.333. The molecule has 3 heteroatoms. The van der Waals surface area contributed by atoms with Crippen molar-refractivity contribution in [2.24, 2.45) is 0 Å². The quantitative estimate of drug-likeness (QED) is 0.613. The Bertz CT molecular complexity index is 325. The van der Waals surface area contributed by atoms with Gasteiger partial charge in [0.05, 0.1) is 5.38 Å². The van der Waals surface area contributed by atoms with Crippen LogP contribution >= 0.6 is 27.5 Å². The first-order valence-electron chi connectivity index (χ1n) is 3.81. The van der Waals surface area contributed by atoms with Gasteiger partial charge in [-0.2, -0.15) is 0 Å². The van der Waals surface area contributed by atoms with Crippen LogP contribution in [0.3, 0.4) is 0 Å². The molecule has 0 nitrogen and oxygen atoms in total. The Morgan fingerprint density at radius 3 is 2.92 bits per heavy atom. The zero-order valence-electron chi connectivity index (χ0n) is 6.28. The van der Waals surface area contributed by atoms with E-state index in [4.69, 9.17) is 11.6 Å². The second-order valence-electron chi connectivity index (χ2n) is 2.93. The van der Waals surface area contributed by atoms with Crippen LogP contribution in [-0.4, -0.2) is 0 Å². The summed E-state index contributed by atoms with van der Waals surface area (Å²) in [5, 5.41) is -0.141. The van der Waals surface area contributed by atoms with Gasteiger partial charge in [0.25, 0.3) is 0 Å². The van der Waals surface area contributed by atoms with Gasteiger partial charge in [-0.25, -0.2) is 4.39 Å². The van der Waals surface area contributed by atoms with Crippen molar-refractivity contribution in [1.82, 2.24) is 0 Å². The number of fused-ring (bicyclic) bond motifs is 1. The summed E-state index contributed by atoms with van der Waals surface area (Å²) in [5.41, 5.74) is 1.72. The van der Waals surface area contributed by atoms with Crippen LogP contribution in [0.15, 0.2) is 16.6 Å². The van der Waals surface area contributed by atoms with Gasteiger partial charge in [0.15, 0.2) is 0 Å². The highest BCUT2D eigenvalue weighted by molar-refractivity contribution is 9.10. The highest BCUT2D eigenvalue weighted by Gasteiger charge is 2.25. The maximum atomic E-state index is 13.2. The molecule has 0 fully saturated rings. The van der Waals surface area contributed by atoms with Crippen molar-refractivity contribution in [2.75, 3.05) is 0 Å². The molecule has 0 amide bonds. The highest BCUT2D eigenvalue weighted by atomic mass is 79.9. The van der Waals surface area contributed by atoms with Crippen LogP contribution in [-0.2, 0) is 6.42 Å². The molecule has 0 spiro atoms. The highest BCUT2D eigenvalue weighted by Crippen LogP contribution is 2.40. The SMILES string of the molecule is Fc1ccc(Br)c2c1C(Cl)CC2. The molecule has 64 valence electrons. The molecule has 0 N–H and O–H groups in total. The maximum Gasteiger partial charge on any atom is 0.128 e. The molecule has 0 heterocycles. The minimum Gasteiger partial charge on any atom is -0.207 e. The van der Waals surface area contributed by atoms with Gasteiger partial charge >= 0.3 is 0 Å². The van der Waals surface area contributed by atoms with Crippen molar-refractivity contribution in [3.8, 4) is 0 Å². The molecule has 0 radical (unpaired) electrons. The third-order valence-corrected chi connectivity index (χ3v) is 3.39. The molecular formula is C9H7BrClF. The van der Waals surface area contributed by atoms with Crippen molar-refractivity contribution in [3.05, 3.63) is 33.5 Å². The average Bonchev–Trinajstić information content (AvgIpc) is 2.42. The summed E-state index contributed by atoms with van der Waals surface area (Å²) in [5.74, 6) is -0.175. The number of alkyl halides is 1. The molecule has 2 rings (SSSR count). The molecule has 0 aliphatic heterocycles. The van der Waals surface area contributed by atoms with Crippen molar-refractivity contribution in [2.45, 2.75) is 18.2 Å². The van der Waals surface area contributed by atoms with Crippen LogP contribution in [0.5, 0.6) is 0 Å². The summed E-state index contributed by atoms with van der Waals surface area (Å²) in [6.45, 7) is 0. The lowest BCUT2D eigenvalue weighted by atomic mass is 10.1. The monoisotopic (exact) mass is 248 g/mol. The molecule has 1 aromatic carbocycles. The number of halogens is 3. The van der Waals surface area contributed by atoms with Gasteiger partial charge < -0.3 is 0 Å². The third-order valence-electron chi connectivity index (χ3n) is 2.21. The molecule has 1 aromatic rings. The molecule has 12 heavy (non-hydrogen) atoms. The average molecular weight is 250 g/mol. The van der Waals surface area contributed by atoms with E-state index in [1.54, 1.807) is 6.07 Å². The molecule has 0 bridgehead atoms. The Labute approximate surface area is 83.9 Å². The lowest BCUT2D eigenvalue weighted by molar-refractivity contribution is 0.610. The molecular weight excluding hydrogens is 242 g/mol. The van der Waals surface area contributed by atoms with E-state index in [-0.39, 0.29) is 11.2 Å². The molecule has 1 atom stereocenters. The van der Waals surface area contributed by atoms with Crippen LogP contribution in [0.2, 0.25) is 0 Å². The number of hydrogen-bond acceptors (Lipinski definition) is 0. The Morgan fingerprint density at radius 1 is 1.50 bits per heavy atom. The fourth-order valence-electron chi connectivity index (χ4n) is 1.62. The van der Waals surface area contributed by atoms with Gasteiger partial charge in [0.1, 0.15) is 5.82 Å². The van der Waals surface area contributed by atoms with Gasteiger partial charge in [-0.15, -0.1) is 11.6 Å². The van der Waals surface area contributed by atoms with E-state index in [1.807, 2.05) is 0 Å². The first-order chi connectivity index (χ1) is 5.70. The first-order valence-corrected chi connectivity index (χ1v) is 5.04. The number of benzene rings is 1. The van der Waals surface area contributed by atoms with E-state index in [0.717, 1.165) is 22.9 Å². The summed E-state index contributed by atoms with van der Waals surface area (Å²) < 4.78 is 14.2. The second-order valence-corrected chi connectivity index (χ2v) is 4.31. The molecule has 0 saturated carbocycles. The van der Waals surface area contributed by atoms with Gasteiger partial charge in [-0.05, 0) is 30.5 Å². The van der Waals surface area contributed by atoms with Crippen LogP contribution in [0.1, 0.15) is 22.9 Å². The zero-order valence-corrected chi connectivity index (χ0v) is 8.62. The molecule has 0 aromatic heterocycles. The van der Waals surface area contributed by atoms with Crippen LogP contribution in [0.4, 0.5) is 4.39 Å². The second kappa shape index (κ2) is 3.00. The van der Waals surface area contributed by atoms with Crippen LogP contribution < -0.4 is 0 Å². The minimum absolute atomic E-state index is 0.141. The summed E-state index contributed by atoms with van der Waals surface area (Å²) >= 11 is 9.34. The summed E-state index contributed by atoms with van der Waals surface area (Å²) in [7, 11) is 0. The van der Waals surface area contributed by atoms with E-state index >= 15 is 0 Å². The Balaban J connectivity index is 2.64. The van der Waals surface area contributed by atoms with Crippen LogP contribution in [0, 0.1) is 5.82 Å². The van der Waals surface area contributed by atoms with Crippen molar-refractivity contribution in [3.63, 3.8) is 0 Å². The summed E-state index contributed by atoms with van der Waals surface area (Å²) in [6.07, 6.45) is 1.72. The minimum atomic E-state index is -0.175. The van der Waals surface area contributed by atoms with Gasteiger partial charge in [-0.3, -0.25) is 0 Å². The fourth-order valence-corrected chi connectivity index (χ4v) is 2.51. The molecule has 1 unspecified atom stereocenters.